The molecular formula is C7H10N2O2S2. The molecule has 1 atom stereocenters. The third-order valence-corrected chi connectivity index (χ3v) is 3.52. The van der Waals surface area contributed by atoms with Crippen molar-refractivity contribution in [1.29, 1.82) is 0 Å². The molecule has 0 aliphatic rings. The summed E-state index contributed by atoms with van der Waals surface area (Å²) in [6.07, 6.45) is 0. The van der Waals surface area contributed by atoms with Crippen LogP contribution in [-0.2, 0) is 9.53 Å². The van der Waals surface area contributed by atoms with E-state index >= 15 is 0 Å². The molecule has 0 aromatic carbocycles. The van der Waals surface area contributed by atoms with Crippen molar-refractivity contribution in [3.05, 3.63) is 5.51 Å². The first kappa shape index (κ1) is 10.5. The Bertz CT molecular complexity index is 263. The van der Waals surface area contributed by atoms with Crippen molar-refractivity contribution >= 4 is 29.1 Å². The fraction of sp³-hybridized carbons (Fsp3) is 0.571. The summed E-state index contributed by atoms with van der Waals surface area (Å²) in [6, 6.07) is 0. The minimum Gasteiger partial charge on any atom is -0.469 e. The number of rotatable bonds is 4. The number of hydrogen-bond donors (Lipinski definition) is 0. The Balaban J connectivity index is 2.30. The Hall–Kier alpha value is -0.620. The van der Waals surface area contributed by atoms with E-state index in [0.717, 1.165) is 4.34 Å². The lowest BCUT2D eigenvalue weighted by molar-refractivity contribution is -0.143. The van der Waals surface area contributed by atoms with Crippen LogP contribution in [0, 0.1) is 5.92 Å². The van der Waals surface area contributed by atoms with E-state index < -0.39 is 0 Å². The highest BCUT2D eigenvalue weighted by atomic mass is 32.2. The average Bonchev–Trinajstić information content (AvgIpc) is 2.65. The van der Waals surface area contributed by atoms with E-state index in [1.54, 1.807) is 5.51 Å². The van der Waals surface area contributed by atoms with Crippen LogP contribution < -0.4 is 0 Å². The van der Waals surface area contributed by atoms with Crippen LogP contribution in [0.3, 0.4) is 0 Å². The van der Waals surface area contributed by atoms with E-state index in [-0.39, 0.29) is 11.9 Å². The molecule has 0 fully saturated rings. The number of nitrogens with zero attached hydrogens (tertiary/aromatic N) is 2. The second-order valence-corrected chi connectivity index (χ2v) is 4.54. The predicted octanol–water partition coefficient (Wildman–Crippen LogP) is 1.44. The lowest BCUT2D eigenvalue weighted by Crippen LogP contribution is -2.14. The molecule has 4 nitrogen and oxygen atoms in total. The average molecular weight is 218 g/mol. The topological polar surface area (TPSA) is 52.1 Å². The predicted molar refractivity (Wildman–Crippen MR) is 51.8 cm³/mol. The summed E-state index contributed by atoms with van der Waals surface area (Å²) in [6.45, 7) is 1.83. The summed E-state index contributed by atoms with van der Waals surface area (Å²) in [7, 11) is 1.40. The van der Waals surface area contributed by atoms with E-state index in [9.17, 15) is 4.79 Å². The van der Waals surface area contributed by atoms with Crippen molar-refractivity contribution < 1.29 is 9.53 Å². The van der Waals surface area contributed by atoms with Gasteiger partial charge in [-0.15, -0.1) is 10.2 Å². The van der Waals surface area contributed by atoms with Crippen LogP contribution in [0.15, 0.2) is 9.85 Å². The van der Waals surface area contributed by atoms with Gasteiger partial charge in [0.1, 0.15) is 5.51 Å². The lowest BCUT2D eigenvalue weighted by Gasteiger charge is -2.05. The monoisotopic (exact) mass is 218 g/mol. The van der Waals surface area contributed by atoms with Crippen molar-refractivity contribution in [3.8, 4) is 0 Å². The summed E-state index contributed by atoms with van der Waals surface area (Å²) in [5.41, 5.74) is 1.67. The molecule has 13 heavy (non-hydrogen) atoms. The first-order valence-corrected chi connectivity index (χ1v) is 5.57. The summed E-state index contributed by atoms with van der Waals surface area (Å²) in [5.74, 6) is 0.401. The minimum absolute atomic E-state index is 0.0982. The highest BCUT2D eigenvalue weighted by Crippen LogP contribution is 2.21. The molecule has 0 spiro atoms. The summed E-state index contributed by atoms with van der Waals surface area (Å²) in [5, 5.41) is 7.55. The van der Waals surface area contributed by atoms with Gasteiger partial charge in [-0.05, 0) is 0 Å². The van der Waals surface area contributed by atoms with Gasteiger partial charge in [-0.1, -0.05) is 30.0 Å². The van der Waals surface area contributed by atoms with E-state index in [2.05, 4.69) is 14.9 Å². The molecule has 0 saturated heterocycles. The van der Waals surface area contributed by atoms with Crippen LogP contribution in [-0.4, -0.2) is 29.0 Å². The summed E-state index contributed by atoms with van der Waals surface area (Å²) < 4.78 is 5.48. The lowest BCUT2D eigenvalue weighted by atomic mass is 10.2. The molecule has 1 aromatic rings. The first-order chi connectivity index (χ1) is 6.24. The minimum atomic E-state index is -0.183. The van der Waals surface area contributed by atoms with Crippen LogP contribution in [0.25, 0.3) is 0 Å². The Morgan fingerprint density at radius 3 is 3.15 bits per heavy atom. The summed E-state index contributed by atoms with van der Waals surface area (Å²) >= 11 is 3.00. The van der Waals surface area contributed by atoms with Crippen molar-refractivity contribution in [3.63, 3.8) is 0 Å². The molecule has 0 amide bonds. The van der Waals surface area contributed by atoms with Crippen molar-refractivity contribution in [2.24, 2.45) is 5.92 Å². The van der Waals surface area contributed by atoms with Gasteiger partial charge in [0.05, 0.1) is 13.0 Å². The van der Waals surface area contributed by atoms with E-state index in [4.69, 9.17) is 0 Å². The Morgan fingerprint density at radius 1 is 1.85 bits per heavy atom. The molecular weight excluding hydrogens is 208 g/mol. The van der Waals surface area contributed by atoms with E-state index in [0.29, 0.717) is 5.75 Å². The zero-order valence-electron chi connectivity index (χ0n) is 7.39. The molecule has 6 heteroatoms. The third kappa shape index (κ3) is 3.31. The SMILES string of the molecule is COC(=O)C(C)CSc1nncs1. The van der Waals surface area contributed by atoms with Gasteiger partial charge < -0.3 is 4.74 Å². The standard InChI is InChI=1S/C7H10N2O2S2/c1-5(6(10)11-2)3-12-7-9-8-4-13-7/h4-5H,3H2,1-2H3. The van der Waals surface area contributed by atoms with Gasteiger partial charge in [-0.2, -0.15) is 0 Å². The van der Waals surface area contributed by atoms with E-state index in [1.165, 1.54) is 30.2 Å². The molecule has 0 aliphatic heterocycles. The summed E-state index contributed by atoms with van der Waals surface area (Å²) in [4.78, 5) is 11.0. The Kier molecular flexibility index (Phi) is 4.17. The molecule has 1 heterocycles. The van der Waals surface area contributed by atoms with Gasteiger partial charge in [-0.3, -0.25) is 4.79 Å². The zero-order chi connectivity index (χ0) is 9.68. The van der Waals surface area contributed by atoms with Gasteiger partial charge in [0.15, 0.2) is 4.34 Å². The molecule has 0 N–H and O–H groups in total. The van der Waals surface area contributed by atoms with Gasteiger partial charge in [0, 0.05) is 5.75 Å². The Morgan fingerprint density at radius 2 is 2.62 bits per heavy atom. The van der Waals surface area contributed by atoms with Crippen LogP contribution in [0.2, 0.25) is 0 Å². The zero-order valence-corrected chi connectivity index (χ0v) is 9.02. The number of thioether (sulfide) groups is 1. The maximum absolute atomic E-state index is 11.0. The molecule has 0 radical (unpaired) electrons. The third-order valence-electron chi connectivity index (χ3n) is 1.40. The first-order valence-electron chi connectivity index (χ1n) is 3.71. The smallest absolute Gasteiger partial charge is 0.309 e. The van der Waals surface area contributed by atoms with E-state index in [1.807, 2.05) is 6.92 Å². The molecule has 0 aliphatic carbocycles. The van der Waals surface area contributed by atoms with Gasteiger partial charge in [0.25, 0.3) is 0 Å². The van der Waals surface area contributed by atoms with Gasteiger partial charge in [0.2, 0.25) is 0 Å². The molecule has 72 valence electrons. The quantitative estimate of drug-likeness (QED) is 0.565. The second kappa shape index (κ2) is 5.18. The fourth-order valence-electron chi connectivity index (χ4n) is 0.691. The number of ether oxygens (including phenoxy) is 1. The fourth-order valence-corrected chi connectivity index (χ4v) is 2.21. The maximum atomic E-state index is 11.0. The largest absolute Gasteiger partial charge is 0.469 e. The number of aromatic nitrogens is 2. The number of methoxy groups -OCH3 is 1. The van der Waals surface area contributed by atoms with Gasteiger partial charge in [-0.25, -0.2) is 0 Å². The highest BCUT2D eigenvalue weighted by Gasteiger charge is 2.13. The van der Waals surface area contributed by atoms with Crippen molar-refractivity contribution in [2.75, 3.05) is 12.9 Å². The normalized spacial score (nSPS) is 12.5. The number of hydrogen-bond acceptors (Lipinski definition) is 6. The van der Waals surface area contributed by atoms with Crippen LogP contribution in [0.1, 0.15) is 6.92 Å². The van der Waals surface area contributed by atoms with Gasteiger partial charge >= 0.3 is 5.97 Å². The molecule has 0 saturated carbocycles. The highest BCUT2D eigenvalue weighted by molar-refractivity contribution is 8.01. The Labute approximate surface area is 84.7 Å². The van der Waals surface area contributed by atoms with Crippen LogP contribution >= 0.6 is 23.1 Å². The van der Waals surface area contributed by atoms with Crippen LogP contribution in [0.4, 0.5) is 0 Å². The molecule has 1 aromatic heterocycles. The van der Waals surface area contributed by atoms with Crippen molar-refractivity contribution in [1.82, 2.24) is 10.2 Å². The number of carbonyl (C=O) groups excluding carboxylic acids is 1. The second-order valence-electron chi connectivity index (χ2n) is 2.44. The number of carbonyl (C=O) groups is 1. The van der Waals surface area contributed by atoms with Crippen LogP contribution in [0.5, 0.6) is 0 Å². The van der Waals surface area contributed by atoms with Crippen molar-refractivity contribution in [2.45, 2.75) is 11.3 Å². The maximum Gasteiger partial charge on any atom is 0.309 e. The number of esters is 1. The molecule has 1 rings (SSSR count). The molecule has 0 bridgehead atoms. The molecule has 1 unspecified atom stereocenters.